The molecule has 1 aromatic heterocycles. The van der Waals surface area contributed by atoms with Crippen molar-refractivity contribution in [1.29, 1.82) is 0 Å². The Hall–Kier alpha value is -1.36. The summed E-state index contributed by atoms with van der Waals surface area (Å²) in [5.74, 6) is 0.172. The van der Waals surface area contributed by atoms with Crippen LogP contribution in [-0.4, -0.2) is 57.7 Å². The standard InChI is InChI=1S/C17H28N4O/c1-2-21-16(8-10-18-21)17(22)20-13-4-3-7-15(20)9-14-19-11-5-6-12-19/h8,10,15H,2-7,9,11-14H2,1H3/t15-/m0/s1. The topological polar surface area (TPSA) is 41.4 Å². The van der Waals surface area contributed by atoms with E-state index in [1.165, 1.54) is 32.4 Å². The highest BCUT2D eigenvalue weighted by Gasteiger charge is 2.29. The van der Waals surface area contributed by atoms with Gasteiger partial charge in [-0.2, -0.15) is 5.10 Å². The first-order valence-corrected chi connectivity index (χ1v) is 8.84. The van der Waals surface area contributed by atoms with E-state index in [1.807, 2.05) is 17.7 Å². The van der Waals surface area contributed by atoms with E-state index in [0.717, 1.165) is 44.6 Å². The van der Waals surface area contributed by atoms with Gasteiger partial charge >= 0.3 is 0 Å². The number of amides is 1. The zero-order valence-electron chi connectivity index (χ0n) is 13.7. The fourth-order valence-corrected chi connectivity index (χ4v) is 3.82. The van der Waals surface area contributed by atoms with Gasteiger partial charge in [0.2, 0.25) is 0 Å². The van der Waals surface area contributed by atoms with Crippen molar-refractivity contribution in [2.45, 2.75) is 58.0 Å². The highest BCUT2D eigenvalue weighted by molar-refractivity contribution is 5.92. The molecule has 3 heterocycles. The molecule has 0 radical (unpaired) electrons. The molecule has 1 atom stereocenters. The van der Waals surface area contributed by atoms with Crippen molar-refractivity contribution in [3.8, 4) is 0 Å². The summed E-state index contributed by atoms with van der Waals surface area (Å²) < 4.78 is 1.81. The Bertz CT molecular complexity index is 493. The van der Waals surface area contributed by atoms with Crippen LogP contribution in [0.3, 0.4) is 0 Å². The summed E-state index contributed by atoms with van der Waals surface area (Å²) in [6.45, 7) is 7.30. The third-order valence-corrected chi connectivity index (χ3v) is 5.10. The van der Waals surface area contributed by atoms with Crippen molar-refractivity contribution in [2.24, 2.45) is 0 Å². The number of aromatic nitrogens is 2. The van der Waals surface area contributed by atoms with Crippen LogP contribution < -0.4 is 0 Å². The highest BCUT2D eigenvalue weighted by atomic mass is 16.2. The van der Waals surface area contributed by atoms with Gasteiger partial charge in [-0.05, 0) is 64.6 Å². The SMILES string of the molecule is CCn1nccc1C(=O)N1CCCC[C@H]1CCN1CCCC1. The van der Waals surface area contributed by atoms with Crippen molar-refractivity contribution in [3.05, 3.63) is 18.0 Å². The number of likely N-dealkylation sites (tertiary alicyclic amines) is 2. The Kier molecular flexibility index (Phi) is 5.13. The van der Waals surface area contributed by atoms with Gasteiger partial charge in [0, 0.05) is 31.9 Å². The number of carbonyl (C=O) groups is 1. The van der Waals surface area contributed by atoms with Crippen LogP contribution in [0.1, 0.15) is 55.9 Å². The lowest BCUT2D eigenvalue weighted by molar-refractivity contribution is 0.0575. The van der Waals surface area contributed by atoms with Gasteiger partial charge in [0.15, 0.2) is 0 Å². The molecule has 3 rings (SSSR count). The molecule has 0 N–H and O–H groups in total. The second kappa shape index (κ2) is 7.27. The average Bonchev–Trinajstić information content (AvgIpc) is 3.23. The summed E-state index contributed by atoms with van der Waals surface area (Å²) in [6, 6.07) is 2.26. The van der Waals surface area contributed by atoms with Crippen molar-refractivity contribution < 1.29 is 4.79 Å². The van der Waals surface area contributed by atoms with Gasteiger partial charge in [0.05, 0.1) is 0 Å². The van der Waals surface area contributed by atoms with Gasteiger partial charge in [-0.3, -0.25) is 9.48 Å². The number of piperidine rings is 1. The van der Waals surface area contributed by atoms with Crippen LogP contribution in [0.5, 0.6) is 0 Å². The minimum atomic E-state index is 0.172. The lowest BCUT2D eigenvalue weighted by Crippen LogP contribution is -2.45. The molecule has 5 heteroatoms. The van der Waals surface area contributed by atoms with Gasteiger partial charge < -0.3 is 9.80 Å². The van der Waals surface area contributed by atoms with E-state index in [9.17, 15) is 4.79 Å². The lowest BCUT2D eigenvalue weighted by Gasteiger charge is -2.36. The largest absolute Gasteiger partial charge is 0.334 e. The molecule has 0 spiro atoms. The molecule has 5 nitrogen and oxygen atoms in total. The predicted molar refractivity (Wildman–Crippen MR) is 86.9 cm³/mol. The minimum absolute atomic E-state index is 0.172. The van der Waals surface area contributed by atoms with Crippen molar-refractivity contribution in [1.82, 2.24) is 19.6 Å². The van der Waals surface area contributed by atoms with E-state index >= 15 is 0 Å². The molecule has 22 heavy (non-hydrogen) atoms. The minimum Gasteiger partial charge on any atom is -0.334 e. The summed E-state index contributed by atoms with van der Waals surface area (Å²) in [4.78, 5) is 17.6. The number of rotatable bonds is 5. The third kappa shape index (κ3) is 3.35. The average molecular weight is 304 g/mol. The number of carbonyl (C=O) groups excluding carboxylic acids is 1. The zero-order valence-corrected chi connectivity index (χ0v) is 13.7. The van der Waals surface area contributed by atoms with Crippen LogP contribution in [0.2, 0.25) is 0 Å². The molecule has 1 aromatic rings. The quantitative estimate of drug-likeness (QED) is 0.838. The fourth-order valence-electron chi connectivity index (χ4n) is 3.82. The van der Waals surface area contributed by atoms with Gasteiger partial charge in [-0.15, -0.1) is 0 Å². The van der Waals surface area contributed by atoms with Crippen molar-refractivity contribution in [3.63, 3.8) is 0 Å². The summed E-state index contributed by atoms with van der Waals surface area (Å²) in [7, 11) is 0. The van der Waals surface area contributed by atoms with Gasteiger partial charge in [-0.1, -0.05) is 0 Å². The molecule has 0 aliphatic carbocycles. The molecular formula is C17H28N4O. The maximum absolute atomic E-state index is 12.9. The van der Waals surface area contributed by atoms with E-state index in [1.54, 1.807) is 6.20 Å². The Balaban J connectivity index is 1.64. The maximum Gasteiger partial charge on any atom is 0.272 e. The Morgan fingerprint density at radius 2 is 2.00 bits per heavy atom. The van der Waals surface area contributed by atoms with Gasteiger partial charge in [0.25, 0.3) is 5.91 Å². The zero-order chi connectivity index (χ0) is 15.4. The van der Waals surface area contributed by atoms with Crippen molar-refractivity contribution >= 4 is 5.91 Å². The molecule has 0 saturated carbocycles. The maximum atomic E-state index is 12.9. The first kappa shape index (κ1) is 15.5. The molecule has 1 amide bonds. The number of hydrogen-bond donors (Lipinski definition) is 0. The molecule has 2 saturated heterocycles. The Morgan fingerprint density at radius 3 is 2.77 bits per heavy atom. The normalized spacial score (nSPS) is 23.1. The Morgan fingerprint density at radius 1 is 1.23 bits per heavy atom. The summed E-state index contributed by atoms with van der Waals surface area (Å²) in [5.41, 5.74) is 0.746. The van der Waals surface area contributed by atoms with E-state index in [-0.39, 0.29) is 5.91 Å². The van der Waals surface area contributed by atoms with Crippen LogP contribution in [-0.2, 0) is 6.54 Å². The first-order chi connectivity index (χ1) is 10.8. The smallest absolute Gasteiger partial charge is 0.272 e. The van der Waals surface area contributed by atoms with Gasteiger partial charge in [-0.25, -0.2) is 0 Å². The van der Waals surface area contributed by atoms with Gasteiger partial charge in [0.1, 0.15) is 5.69 Å². The number of aryl methyl sites for hydroxylation is 1. The van der Waals surface area contributed by atoms with E-state index in [4.69, 9.17) is 0 Å². The van der Waals surface area contributed by atoms with E-state index < -0.39 is 0 Å². The fraction of sp³-hybridized carbons (Fsp3) is 0.765. The second-order valence-electron chi connectivity index (χ2n) is 6.52. The summed E-state index contributed by atoms with van der Waals surface area (Å²) in [5, 5.41) is 4.25. The van der Waals surface area contributed by atoms with Crippen LogP contribution in [0.25, 0.3) is 0 Å². The molecule has 0 aromatic carbocycles. The first-order valence-electron chi connectivity index (χ1n) is 8.84. The third-order valence-electron chi connectivity index (χ3n) is 5.10. The molecule has 2 aliphatic heterocycles. The van der Waals surface area contributed by atoms with Crippen molar-refractivity contribution in [2.75, 3.05) is 26.2 Å². The monoisotopic (exact) mass is 304 g/mol. The van der Waals surface area contributed by atoms with Crippen LogP contribution in [0, 0.1) is 0 Å². The van der Waals surface area contributed by atoms with E-state index in [2.05, 4.69) is 14.9 Å². The predicted octanol–water partition coefficient (Wildman–Crippen LogP) is 2.38. The van der Waals surface area contributed by atoms with Crippen LogP contribution in [0.15, 0.2) is 12.3 Å². The highest BCUT2D eigenvalue weighted by Crippen LogP contribution is 2.23. The van der Waals surface area contributed by atoms with Crippen LogP contribution in [0.4, 0.5) is 0 Å². The molecule has 2 fully saturated rings. The van der Waals surface area contributed by atoms with E-state index in [0.29, 0.717) is 6.04 Å². The Labute approximate surface area is 133 Å². The van der Waals surface area contributed by atoms with Crippen LogP contribution >= 0.6 is 0 Å². The summed E-state index contributed by atoms with van der Waals surface area (Å²) in [6.07, 6.45) is 9.06. The number of hydrogen-bond acceptors (Lipinski definition) is 3. The molecule has 0 bridgehead atoms. The molecule has 2 aliphatic rings. The molecule has 122 valence electrons. The summed E-state index contributed by atoms with van der Waals surface area (Å²) >= 11 is 0. The lowest BCUT2D eigenvalue weighted by atomic mass is 9.98. The molecule has 0 unspecified atom stereocenters. The number of nitrogens with zero attached hydrogens (tertiary/aromatic N) is 4. The second-order valence-corrected chi connectivity index (χ2v) is 6.52. The molecular weight excluding hydrogens is 276 g/mol.